The van der Waals surface area contributed by atoms with Gasteiger partial charge in [-0.15, -0.1) is 0 Å². The molecule has 0 spiro atoms. The molecule has 2 aromatic rings. The highest BCUT2D eigenvalue weighted by Crippen LogP contribution is 2.45. The summed E-state index contributed by atoms with van der Waals surface area (Å²) in [5.41, 5.74) is 2.77. The van der Waals surface area contributed by atoms with Crippen molar-refractivity contribution in [3.63, 3.8) is 0 Å². The van der Waals surface area contributed by atoms with E-state index in [1.54, 1.807) is 12.4 Å². The van der Waals surface area contributed by atoms with Crippen LogP contribution in [0.5, 0.6) is 0 Å². The largest absolute Gasteiger partial charge is 0.298 e. The summed E-state index contributed by atoms with van der Waals surface area (Å²) in [5.74, 6) is 0.349. The van der Waals surface area contributed by atoms with Crippen molar-refractivity contribution in [3.05, 3.63) is 46.2 Å². The number of fused-ring (bicyclic) bond motifs is 2. The van der Waals surface area contributed by atoms with Crippen molar-refractivity contribution in [1.82, 2.24) is 9.97 Å². The molecule has 128 valence electrons. The third-order valence-corrected chi connectivity index (χ3v) is 5.93. The summed E-state index contributed by atoms with van der Waals surface area (Å²) in [7, 11) is 0. The van der Waals surface area contributed by atoms with Gasteiger partial charge in [0.25, 0.3) is 0 Å². The monoisotopic (exact) mass is 398 g/mol. The van der Waals surface area contributed by atoms with Gasteiger partial charge in [0.15, 0.2) is 17.4 Å². The number of aromatic nitrogens is 2. The van der Waals surface area contributed by atoms with Crippen LogP contribution in [0, 0.1) is 11.8 Å². The van der Waals surface area contributed by atoms with Crippen LogP contribution in [0.2, 0.25) is 0 Å². The highest BCUT2D eigenvalue weighted by atomic mass is 79.9. The molecule has 0 N–H and O–H groups in total. The van der Waals surface area contributed by atoms with Crippen molar-refractivity contribution in [3.8, 4) is 11.4 Å². The predicted molar refractivity (Wildman–Crippen MR) is 98.1 cm³/mol. The molecular weight excluding hydrogens is 380 g/mol. The van der Waals surface area contributed by atoms with Gasteiger partial charge in [0.1, 0.15) is 5.92 Å². The quantitative estimate of drug-likeness (QED) is 0.729. The number of ketones is 2. The van der Waals surface area contributed by atoms with Crippen molar-refractivity contribution in [2.24, 2.45) is 11.8 Å². The van der Waals surface area contributed by atoms with E-state index in [0.29, 0.717) is 5.82 Å². The van der Waals surface area contributed by atoms with Crippen LogP contribution in [0.15, 0.2) is 35.1 Å². The van der Waals surface area contributed by atoms with E-state index in [-0.39, 0.29) is 23.4 Å². The van der Waals surface area contributed by atoms with E-state index >= 15 is 0 Å². The molecule has 2 atom stereocenters. The fraction of sp³-hybridized carbons (Fsp3) is 0.400. The van der Waals surface area contributed by atoms with Crippen molar-refractivity contribution in [1.29, 1.82) is 0 Å². The molecule has 2 saturated carbocycles. The van der Waals surface area contributed by atoms with Gasteiger partial charge in [-0.2, -0.15) is 0 Å². The molecule has 2 bridgehead atoms. The Morgan fingerprint density at radius 3 is 2.32 bits per heavy atom. The molecule has 4 nitrogen and oxygen atoms in total. The van der Waals surface area contributed by atoms with Gasteiger partial charge < -0.3 is 0 Å². The maximum Gasteiger partial charge on any atom is 0.159 e. The zero-order valence-electron chi connectivity index (χ0n) is 14.0. The molecule has 1 heterocycles. The Morgan fingerprint density at radius 1 is 1.08 bits per heavy atom. The molecule has 2 aliphatic rings. The first-order valence-corrected chi connectivity index (χ1v) is 9.56. The molecule has 5 heteroatoms. The summed E-state index contributed by atoms with van der Waals surface area (Å²) in [5, 5.41) is 0. The summed E-state index contributed by atoms with van der Waals surface area (Å²) in [6.45, 7) is 2.06. The molecule has 0 saturated heterocycles. The first-order chi connectivity index (χ1) is 12.1. The number of nitrogens with zero attached hydrogens (tertiary/aromatic N) is 2. The van der Waals surface area contributed by atoms with Crippen LogP contribution in [0.1, 0.15) is 43.2 Å². The second-order valence-electron chi connectivity index (χ2n) is 6.94. The van der Waals surface area contributed by atoms with Crippen LogP contribution in [0.4, 0.5) is 0 Å². The molecule has 0 aliphatic heterocycles. The number of carbonyl (C=O) groups is 2. The average molecular weight is 399 g/mol. The molecule has 0 radical (unpaired) electrons. The fourth-order valence-corrected chi connectivity index (χ4v) is 4.41. The van der Waals surface area contributed by atoms with Gasteiger partial charge in [-0.25, -0.2) is 9.97 Å². The van der Waals surface area contributed by atoms with E-state index in [1.165, 1.54) is 0 Å². The number of hydrogen-bond acceptors (Lipinski definition) is 4. The van der Waals surface area contributed by atoms with Crippen molar-refractivity contribution < 1.29 is 9.59 Å². The molecule has 0 amide bonds. The number of aryl methyl sites for hydroxylation is 1. The Hall–Kier alpha value is -1.88. The number of carbonyl (C=O) groups excluding carboxylic acids is 2. The highest BCUT2D eigenvalue weighted by molar-refractivity contribution is 9.10. The van der Waals surface area contributed by atoms with E-state index in [9.17, 15) is 9.59 Å². The minimum Gasteiger partial charge on any atom is -0.298 e. The van der Waals surface area contributed by atoms with Gasteiger partial charge >= 0.3 is 0 Å². The summed E-state index contributed by atoms with van der Waals surface area (Å²) < 4.78 is 0.816. The maximum absolute atomic E-state index is 12.9. The summed E-state index contributed by atoms with van der Waals surface area (Å²) >= 11 is 3.34. The van der Waals surface area contributed by atoms with Crippen molar-refractivity contribution in [2.45, 2.75) is 38.5 Å². The smallest absolute Gasteiger partial charge is 0.159 e. The Kier molecular flexibility index (Phi) is 4.28. The van der Waals surface area contributed by atoms with Gasteiger partial charge in [0, 0.05) is 29.8 Å². The molecule has 2 aliphatic carbocycles. The molecule has 25 heavy (non-hydrogen) atoms. The van der Waals surface area contributed by atoms with Crippen LogP contribution >= 0.6 is 15.9 Å². The minimum atomic E-state index is -0.600. The van der Waals surface area contributed by atoms with Gasteiger partial charge in [0.05, 0.1) is 4.47 Å². The SMILES string of the molecule is CCc1ccc(-c2ncc(Br)cn2)cc1C1C(=O)C2CCC(C2)C1=O. The van der Waals surface area contributed by atoms with E-state index in [4.69, 9.17) is 0 Å². The second kappa shape index (κ2) is 6.45. The lowest BCUT2D eigenvalue weighted by Crippen LogP contribution is -2.35. The summed E-state index contributed by atoms with van der Waals surface area (Å²) in [6, 6.07) is 5.93. The molecular formula is C20H19BrN2O2. The summed E-state index contributed by atoms with van der Waals surface area (Å²) in [4.78, 5) is 34.5. The Morgan fingerprint density at radius 2 is 1.72 bits per heavy atom. The Bertz CT molecular complexity index is 825. The van der Waals surface area contributed by atoms with Gasteiger partial charge in [0.2, 0.25) is 0 Å². The number of hydrogen-bond donors (Lipinski definition) is 0. The van der Waals surface area contributed by atoms with E-state index in [1.807, 2.05) is 18.2 Å². The Balaban J connectivity index is 1.80. The fourth-order valence-electron chi connectivity index (χ4n) is 4.20. The van der Waals surface area contributed by atoms with Gasteiger partial charge in [-0.05, 0) is 58.8 Å². The first-order valence-electron chi connectivity index (χ1n) is 8.76. The lowest BCUT2D eigenvalue weighted by atomic mass is 9.73. The lowest BCUT2D eigenvalue weighted by molar-refractivity contribution is -0.135. The number of rotatable bonds is 3. The highest BCUT2D eigenvalue weighted by Gasteiger charge is 2.47. The maximum atomic E-state index is 12.9. The topological polar surface area (TPSA) is 59.9 Å². The average Bonchev–Trinajstić information content (AvgIpc) is 3.08. The van der Waals surface area contributed by atoms with Crippen LogP contribution in [0.25, 0.3) is 11.4 Å². The predicted octanol–water partition coefficient (Wildman–Crippen LogP) is 4.12. The number of benzene rings is 1. The Labute approximate surface area is 155 Å². The third-order valence-electron chi connectivity index (χ3n) is 5.52. The second-order valence-corrected chi connectivity index (χ2v) is 7.85. The molecule has 2 unspecified atom stereocenters. The number of Topliss-reactive ketones (excluding diaryl/α,β-unsaturated/α-hetero) is 2. The van der Waals surface area contributed by atoms with E-state index in [2.05, 4.69) is 32.8 Å². The minimum absolute atomic E-state index is 0.0602. The van der Waals surface area contributed by atoms with Crippen molar-refractivity contribution >= 4 is 27.5 Å². The first kappa shape index (κ1) is 16.6. The summed E-state index contributed by atoms with van der Waals surface area (Å²) in [6.07, 6.45) is 6.68. The van der Waals surface area contributed by atoms with E-state index < -0.39 is 5.92 Å². The zero-order chi connectivity index (χ0) is 17.6. The number of halogens is 1. The normalized spacial score (nSPS) is 25.4. The third kappa shape index (κ3) is 2.84. The van der Waals surface area contributed by atoms with Gasteiger partial charge in [-0.1, -0.05) is 19.1 Å². The lowest BCUT2D eigenvalue weighted by Gasteiger charge is -2.27. The van der Waals surface area contributed by atoms with Crippen LogP contribution in [0.3, 0.4) is 0 Å². The van der Waals surface area contributed by atoms with Crippen molar-refractivity contribution in [2.75, 3.05) is 0 Å². The molecule has 1 aromatic carbocycles. The van der Waals surface area contributed by atoms with E-state index in [0.717, 1.165) is 46.8 Å². The molecule has 4 rings (SSSR count). The zero-order valence-corrected chi connectivity index (χ0v) is 15.6. The van der Waals surface area contributed by atoms with Crippen LogP contribution in [-0.4, -0.2) is 21.5 Å². The van der Waals surface area contributed by atoms with Gasteiger partial charge in [-0.3, -0.25) is 9.59 Å². The van der Waals surface area contributed by atoms with Crippen LogP contribution < -0.4 is 0 Å². The van der Waals surface area contributed by atoms with Crippen LogP contribution in [-0.2, 0) is 16.0 Å². The molecule has 2 fully saturated rings. The standard InChI is InChI=1S/C20H19BrN2O2/c1-2-11-3-6-14(20-22-9-15(21)10-23-20)8-16(11)17-18(24)12-4-5-13(7-12)19(17)25/h3,6,8-10,12-13,17H,2,4-5,7H2,1H3. The molecule has 1 aromatic heterocycles.